The van der Waals surface area contributed by atoms with Gasteiger partial charge < -0.3 is 10.1 Å². The molecule has 6 nitrogen and oxygen atoms in total. The Morgan fingerprint density at radius 3 is 2.60 bits per heavy atom. The predicted molar refractivity (Wildman–Crippen MR) is 101 cm³/mol. The zero-order valence-corrected chi connectivity index (χ0v) is 15.6. The summed E-state index contributed by atoms with van der Waals surface area (Å²) in [7, 11) is 1.54. The topological polar surface area (TPSA) is 79.8 Å². The van der Waals surface area contributed by atoms with Crippen LogP contribution in [0.4, 0.5) is 5.69 Å². The van der Waals surface area contributed by atoms with E-state index in [9.17, 15) is 9.59 Å². The second-order valence-corrected chi connectivity index (χ2v) is 6.26. The van der Waals surface area contributed by atoms with Gasteiger partial charge in [0.15, 0.2) is 0 Å². The summed E-state index contributed by atoms with van der Waals surface area (Å²) in [5.74, 6) is -0.367. The van der Waals surface area contributed by atoms with Crippen molar-refractivity contribution in [1.29, 1.82) is 0 Å². The Bertz CT molecular complexity index is 794. The van der Waals surface area contributed by atoms with Crippen LogP contribution in [0.15, 0.2) is 52.0 Å². The maximum atomic E-state index is 11.8. The first-order chi connectivity index (χ1) is 12.0. The molecule has 0 aliphatic heterocycles. The zero-order valence-electron chi connectivity index (χ0n) is 13.3. The summed E-state index contributed by atoms with van der Waals surface area (Å²) >= 11 is 9.12. The lowest BCUT2D eigenvalue weighted by Crippen LogP contribution is -2.24. The van der Waals surface area contributed by atoms with E-state index in [0.717, 1.165) is 4.47 Å². The Morgan fingerprint density at radius 2 is 1.92 bits per heavy atom. The highest BCUT2D eigenvalue weighted by Crippen LogP contribution is 2.21. The Hall–Kier alpha value is -2.38. The minimum Gasteiger partial charge on any atom is -0.496 e. The Balaban J connectivity index is 1.86. The van der Waals surface area contributed by atoms with E-state index in [1.807, 2.05) is 6.07 Å². The van der Waals surface area contributed by atoms with E-state index in [1.165, 1.54) is 6.21 Å². The average molecular weight is 425 g/mol. The van der Waals surface area contributed by atoms with E-state index in [2.05, 4.69) is 31.8 Å². The number of nitrogens with zero attached hydrogens (tertiary/aromatic N) is 1. The van der Waals surface area contributed by atoms with E-state index in [0.29, 0.717) is 22.0 Å². The highest BCUT2D eigenvalue weighted by atomic mass is 79.9. The molecule has 0 unspecified atom stereocenters. The number of rotatable bonds is 6. The van der Waals surface area contributed by atoms with E-state index in [1.54, 1.807) is 43.5 Å². The summed E-state index contributed by atoms with van der Waals surface area (Å²) in [5, 5.41) is 7.00. The van der Waals surface area contributed by atoms with Crippen LogP contribution in [0.1, 0.15) is 12.0 Å². The van der Waals surface area contributed by atoms with Crippen molar-refractivity contribution < 1.29 is 14.3 Å². The molecule has 2 N–H and O–H groups in total. The highest BCUT2D eigenvalue weighted by molar-refractivity contribution is 9.10. The molecule has 2 rings (SSSR count). The minimum absolute atomic E-state index is 0.352. The molecule has 0 saturated heterocycles. The third kappa shape index (κ3) is 6.21. The Kier molecular flexibility index (Phi) is 6.97. The van der Waals surface area contributed by atoms with Gasteiger partial charge in [-0.15, -0.1) is 0 Å². The van der Waals surface area contributed by atoms with Crippen LogP contribution in [0, 0.1) is 0 Å². The molecule has 2 aromatic rings. The van der Waals surface area contributed by atoms with Crippen LogP contribution in [-0.2, 0) is 9.59 Å². The molecule has 0 atom stereocenters. The molecule has 2 amide bonds. The number of methoxy groups -OCH3 is 1. The van der Waals surface area contributed by atoms with Crippen LogP contribution < -0.4 is 15.5 Å². The van der Waals surface area contributed by atoms with Crippen molar-refractivity contribution in [3.8, 4) is 5.75 Å². The van der Waals surface area contributed by atoms with Gasteiger partial charge in [-0.1, -0.05) is 27.5 Å². The summed E-state index contributed by atoms with van der Waals surface area (Å²) < 4.78 is 6.05. The first kappa shape index (κ1) is 19.0. The third-order valence-electron chi connectivity index (χ3n) is 3.03. The number of benzene rings is 2. The molecule has 130 valence electrons. The summed E-state index contributed by atoms with van der Waals surface area (Å²) in [6.45, 7) is 0. The molecule has 0 bridgehead atoms. The van der Waals surface area contributed by atoms with Gasteiger partial charge in [0.25, 0.3) is 0 Å². The third-order valence-corrected chi connectivity index (χ3v) is 3.78. The number of hydrogen-bond acceptors (Lipinski definition) is 4. The van der Waals surface area contributed by atoms with Gasteiger partial charge in [0, 0.05) is 20.7 Å². The van der Waals surface area contributed by atoms with Crippen molar-refractivity contribution in [2.45, 2.75) is 6.42 Å². The molecule has 0 spiro atoms. The van der Waals surface area contributed by atoms with Gasteiger partial charge in [-0.2, -0.15) is 5.10 Å². The number of hydrazone groups is 1. The summed E-state index contributed by atoms with van der Waals surface area (Å²) in [6, 6.07) is 12.0. The van der Waals surface area contributed by atoms with E-state index in [-0.39, 0.29) is 6.42 Å². The van der Waals surface area contributed by atoms with Gasteiger partial charge in [0.05, 0.1) is 13.3 Å². The standard InChI is InChI=1S/C17H15BrClN3O3/c1-25-15-7-2-12(18)8-11(15)10-20-22-17(24)9-16(23)21-14-5-3-13(19)4-6-14/h2-8,10H,9H2,1H3,(H,21,23)(H,22,24). The number of carbonyl (C=O) groups excluding carboxylic acids is 2. The van der Waals surface area contributed by atoms with Crippen LogP contribution in [0.25, 0.3) is 0 Å². The number of carbonyl (C=O) groups is 2. The van der Waals surface area contributed by atoms with Crippen molar-refractivity contribution in [3.05, 3.63) is 57.5 Å². The van der Waals surface area contributed by atoms with Crippen molar-refractivity contribution in [2.24, 2.45) is 5.10 Å². The summed E-state index contributed by atoms with van der Waals surface area (Å²) in [6.07, 6.45) is 1.09. The normalized spacial score (nSPS) is 10.5. The molecule has 2 aromatic carbocycles. The van der Waals surface area contributed by atoms with Gasteiger partial charge in [0.1, 0.15) is 12.2 Å². The Morgan fingerprint density at radius 1 is 1.20 bits per heavy atom. The van der Waals surface area contributed by atoms with Crippen molar-refractivity contribution in [3.63, 3.8) is 0 Å². The van der Waals surface area contributed by atoms with Crippen LogP contribution in [0.3, 0.4) is 0 Å². The molecule has 0 aromatic heterocycles. The first-order valence-electron chi connectivity index (χ1n) is 7.19. The second-order valence-electron chi connectivity index (χ2n) is 4.91. The smallest absolute Gasteiger partial charge is 0.249 e. The molecular formula is C17H15BrClN3O3. The minimum atomic E-state index is -0.531. The van der Waals surface area contributed by atoms with Gasteiger partial charge in [0.2, 0.25) is 11.8 Å². The molecule has 0 saturated carbocycles. The molecule has 0 aliphatic carbocycles. The van der Waals surface area contributed by atoms with Crippen LogP contribution in [-0.4, -0.2) is 25.1 Å². The van der Waals surface area contributed by atoms with Crippen LogP contribution in [0.5, 0.6) is 5.75 Å². The zero-order chi connectivity index (χ0) is 18.2. The molecule has 25 heavy (non-hydrogen) atoms. The largest absolute Gasteiger partial charge is 0.496 e. The SMILES string of the molecule is COc1ccc(Br)cc1C=NNC(=O)CC(=O)Nc1ccc(Cl)cc1. The van der Waals surface area contributed by atoms with Gasteiger partial charge in [-0.3, -0.25) is 9.59 Å². The van der Waals surface area contributed by atoms with Gasteiger partial charge >= 0.3 is 0 Å². The lowest BCUT2D eigenvalue weighted by Gasteiger charge is -2.05. The first-order valence-corrected chi connectivity index (χ1v) is 8.36. The number of hydrogen-bond donors (Lipinski definition) is 2. The number of nitrogens with one attached hydrogen (secondary N) is 2. The number of anilines is 1. The number of ether oxygens (including phenoxy) is 1. The molecule has 0 fully saturated rings. The maximum absolute atomic E-state index is 11.8. The molecule has 0 radical (unpaired) electrons. The van der Waals surface area contributed by atoms with Crippen LogP contribution >= 0.6 is 27.5 Å². The summed E-state index contributed by atoms with van der Waals surface area (Å²) in [5.41, 5.74) is 3.55. The lowest BCUT2D eigenvalue weighted by atomic mass is 10.2. The summed E-state index contributed by atoms with van der Waals surface area (Å²) in [4.78, 5) is 23.6. The van der Waals surface area contributed by atoms with Crippen molar-refractivity contribution >= 4 is 51.2 Å². The van der Waals surface area contributed by atoms with Crippen molar-refractivity contribution in [1.82, 2.24) is 5.43 Å². The fourth-order valence-corrected chi connectivity index (χ4v) is 2.41. The second kappa shape index (κ2) is 9.19. The number of halogens is 2. The predicted octanol–water partition coefficient (Wildman–Crippen LogP) is 3.59. The average Bonchev–Trinajstić information content (AvgIpc) is 2.57. The highest BCUT2D eigenvalue weighted by Gasteiger charge is 2.09. The molecular weight excluding hydrogens is 410 g/mol. The fourth-order valence-electron chi connectivity index (χ4n) is 1.90. The van der Waals surface area contributed by atoms with Gasteiger partial charge in [-0.05, 0) is 42.5 Å². The molecule has 0 aliphatic rings. The van der Waals surface area contributed by atoms with Crippen molar-refractivity contribution in [2.75, 3.05) is 12.4 Å². The van der Waals surface area contributed by atoms with Crippen LogP contribution in [0.2, 0.25) is 5.02 Å². The quantitative estimate of drug-likeness (QED) is 0.422. The fraction of sp³-hybridized carbons (Fsp3) is 0.118. The van der Waals surface area contributed by atoms with E-state index >= 15 is 0 Å². The lowest BCUT2D eigenvalue weighted by molar-refractivity contribution is -0.126. The van der Waals surface area contributed by atoms with Gasteiger partial charge in [-0.25, -0.2) is 5.43 Å². The Labute approximate surface area is 158 Å². The molecule has 8 heteroatoms. The maximum Gasteiger partial charge on any atom is 0.249 e. The molecule has 0 heterocycles. The van der Waals surface area contributed by atoms with E-state index in [4.69, 9.17) is 16.3 Å². The number of amides is 2. The monoisotopic (exact) mass is 423 g/mol. The van der Waals surface area contributed by atoms with E-state index < -0.39 is 11.8 Å².